The predicted molar refractivity (Wildman–Crippen MR) is 119 cm³/mol. The molecular formula is C21H18ClN3O5S. The van der Waals surface area contributed by atoms with Gasteiger partial charge in [-0.25, -0.2) is 4.98 Å². The number of nitrogens with zero attached hydrogens (tertiary/aromatic N) is 1. The molecule has 0 aliphatic carbocycles. The number of methoxy groups -OCH3 is 2. The van der Waals surface area contributed by atoms with Crippen LogP contribution in [-0.4, -0.2) is 37.6 Å². The maximum Gasteiger partial charge on any atom is 0.267 e. The second-order valence-corrected chi connectivity index (χ2v) is 8.03. The smallest absolute Gasteiger partial charge is 0.267 e. The minimum Gasteiger partial charge on any atom is -0.493 e. The number of ether oxygens (including phenoxy) is 3. The van der Waals surface area contributed by atoms with Crippen molar-refractivity contribution in [3.63, 3.8) is 0 Å². The molecule has 160 valence electrons. The second-order valence-electron chi connectivity index (χ2n) is 6.62. The highest BCUT2D eigenvalue weighted by Crippen LogP contribution is 2.38. The number of carbonyl (C=O) groups excluding carboxylic acids is 2. The van der Waals surface area contributed by atoms with E-state index in [0.717, 1.165) is 5.56 Å². The fourth-order valence-electron chi connectivity index (χ4n) is 3.07. The molecule has 10 heteroatoms. The largest absolute Gasteiger partial charge is 0.493 e. The molecule has 1 aliphatic rings. The van der Waals surface area contributed by atoms with Crippen LogP contribution < -0.4 is 24.8 Å². The van der Waals surface area contributed by atoms with Crippen LogP contribution in [0.4, 0.5) is 11.4 Å². The first-order chi connectivity index (χ1) is 14.9. The molecule has 0 saturated carbocycles. The zero-order valence-electron chi connectivity index (χ0n) is 16.9. The molecule has 3 aromatic rings. The van der Waals surface area contributed by atoms with Gasteiger partial charge in [-0.15, -0.1) is 11.3 Å². The van der Waals surface area contributed by atoms with Crippen molar-refractivity contribution in [3.8, 4) is 27.8 Å². The summed E-state index contributed by atoms with van der Waals surface area (Å²) >= 11 is 7.54. The van der Waals surface area contributed by atoms with Gasteiger partial charge in [0.05, 0.1) is 36.3 Å². The summed E-state index contributed by atoms with van der Waals surface area (Å²) in [5.74, 6) is 1.02. The monoisotopic (exact) mass is 459 g/mol. The van der Waals surface area contributed by atoms with E-state index in [9.17, 15) is 9.59 Å². The Morgan fingerprint density at radius 3 is 2.74 bits per heavy atom. The fourth-order valence-corrected chi connectivity index (χ4v) is 4.24. The van der Waals surface area contributed by atoms with E-state index in [-0.39, 0.29) is 23.4 Å². The Morgan fingerprint density at radius 1 is 1.23 bits per heavy atom. The Labute approximate surface area is 187 Å². The average Bonchev–Trinajstić information content (AvgIpc) is 3.15. The number of fused-ring (bicyclic) bond motifs is 1. The van der Waals surface area contributed by atoms with Gasteiger partial charge in [-0.3, -0.25) is 9.59 Å². The molecule has 0 unspecified atom stereocenters. The van der Waals surface area contributed by atoms with Gasteiger partial charge in [-0.05, 0) is 31.2 Å². The molecule has 2 heterocycles. The van der Waals surface area contributed by atoms with Crippen LogP contribution in [0.15, 0.2) is 30.3 Å². The molecule has 0 bridgehead atoms. The summed E-state index contributed by atoms with van der Waals surface area (Å²) in [5.41, 5.74) is 2.23. The minimum absolute atomic E-state index is 0.0926. The molecule has 8 nitrogen and oxygen atoms in total. The highest BCUT2D eigenvalue weighted by molar-refractivity contribution is 7.17. The lowest BCUT2D eigenvalue weighted by Crippen LogP contribution is -2.25. The van der Waals surface area contributed by atoms with Crippen molar-refractivity contribution in [3.05, 3.63) is 45.9 Å². The van der Waals surface area contributed by atoms with E-state index < -0.39 is 0 Å². The van der Waals surface area contributed by atoms with E-state index in [2.05, 4.69) is 15.6 Å². The number of anilines is 2. The maximum atomic E-state index is 12.9. The molecule has 0 spiro atoms. The van der Waals surface area contributed by atoms with Crippen LogP contribution in [0.25, 0.3) is 10.6 Å². The Kier molecular flexibility index (Phi) is 5.71. The molecule has 0 fully saturated rings. The number of halogens is 1. The van der Waals surface area contributed by atoms with Crippen molar-refractivity contribution >= 4 is 46.1 Å². The van der Waals surface area contributed by atoms with E-state index in [1.54, 1.807) is 33.3 Å². The predicted octanol–water partition coefficient (Wildman–Crippen LogP) is 4.37. The fraction of sp³-hybridized carbons (Fsp3) is 0.190. The Bertz CT molecular complexity index is 1190. The Morgan fingerprint density at radius 2 is 2.00 bits per heavy atom. The zero-order valence-corrected chi connectivity index (χ0v) is 18.4. The van der Waals surface area contributed by atoms with Crippen LogP contribution in [0, 0.1) is 6.92 Å². The lowest BCUT2D eigenvalue weighted by atomic mass is 10.2. The zero-order chi connectivity index (χ0) is 22.1. The van der Waals surface area contributed by atoms with Crippen LogP contribution in [0.2, 0.25) is 5.02 Å². The van der Waals surface area contributed by atoms with Gasteiger partial charge in [0.2, 0.25) is 0 Å². The number of hydrogen-bond donors (Lipinski definition) is 2. The van der Waals surface area contributed by atoms with E-state index in [4.69, 9.17) is 25.8 Å². The van der Waals surface area contributed by atoms with E-state index in [1.165, 1.54) is 17.4 Å². The van der Waals surface area contributed by atoms with Crippen molar-refractivity contribution in [2.24, 2.45) is 0 Å². The highest BCUT2D eigenvalue weighted by atomic mass is 35.5. The van der Waals surface area contributed by atoms with Crippen molar-refractivity contribution in [2.75, 3.05) is 31.5 Å². The Balaban J connectivity index is 1.60. The molecule has 4 rings (SSSR count). The van der Waals surface area contributed by atoms with Crippen molar-refractivity contribution in [2.45, 2.75) is 6.92 Å². The highest BCUT2D eigenvalue weighted by Gasteiger charge is 2.22. The first-order valence-electron chi connectivity index (χ1n) is 9.17. The van der Waals surface area contributed by atoms with Gasteiger partial charge < -0.3 is 24.8 Å². The number of benzene rings is 2. The van der Waals surface area contributed by atoms with E-state index >= 15 is 0 Å². The third-order valence-electron chi connectivity index (χ3n) is 4.58. The van der Waals surface area contributed by atoms with E-state index in [0.29, 0.717) is 44.2 Å². The van der Waals surface area contributed by atoms with Crippen LogP contribution in [-0.2, 0) is 4.79 Å². The van der Waals surface area contributed by atoms with Crippen LogP contribution in [0.5, 0.6) is 17.2 Å². The molecule has 1 aromatic heterocycles. The molecule has 2 N–H and O–H groups in total. The van der Waals surface area contributed by atoms with Gasteiger partial charge in [0.25, 0.3) is 11.8 Å². The van der Waals surface area contributed by atoms with Gasteiger partial charge in [0.15, 0.2) is 18.1 Å². The quantitative estimate of drug-likeness (QED) is 0.587. The second kappa shape index (κ2) is 8.44. The number of hydrogen-bond acceptors (Lipinski definition) is 7. The molecule has 1 aliphatic heterocycles. The van der Waals surface area contributed by atoms with Crippen molar-refractivity contribution < 1.29 is 23.8 Å². The summed E-state index contributed by atoms with van der Waals surface area (Å²) < 4.78 is 16.0. The lowest BCUT2D eigenvalue weighted by Gasteiger charge is -2.19. The molecule has 2 amide bonds. The molecular weight excluding hydrogens is 442 g/mol. The number of rotatable bonds is 5. The molecule has 0 saturated heterocycles. The van der Waals surface area contributed by atoms with Gasteiger partial charge in [-0.2, -0.15) is 0 Å². The standard InChI is InChI=1S/C21H18ClN3O5S/c1-10-19(31-21(23-10)11-4-5-15(28-2)17(6-11)29-3)20(27)25-13-8-16-14(7-12(13)22)24-18(26)9-30-16/h4-8H,9H2,1-3H3,(H,24,26)(H,25,27). The van der Waals surface area contributed by atoms with Crippen LogP contribution in [0.1, 0.15) is 15.4 Å². The van der Waals surface area contributed by atoms with Crippen LogP contribution in [0.3, 0.4) is 0 Å². The molecule has 2 aromatic carbocycles. The van der Waals surface area contributed by atoms with E-state index in [1.807, 2.05) is 12.1 Å². The average molecular weight is 460 g/mol. The minimum atomic E-state index is -0.344. The number of carbonyl (C=O) groups is 2. The number of thiazole rings is 1. The van der Waals surface area contributed by atoms with Gasteiger partial charge in [0, 0.05) is 11.6 Å². The number of aromatic nitrogens is 1. The SMILES string of the molecule is COc1ccc(-c2nc(C)c(C(=O)Nc3cc4c(cc3Cl)NC(=O)CO4)s2)cc1OC. The van der Waals surface area contributed by atoms with Gasteiger partial charge in [-0.1, -0.05) is 11.6 Å². The van der Waals surface area contributed by atoms with Crippen LogP contribution >= 0.6 is 22.9 Å². The third-order valence-corrected chi connectivity index (χ3v) is 6.10. The first-order valence-corrected chi connectivity index (χ1v) is 10.4. The molecule has 0 atom stereocenters. The summed E-state index contributed by atoms with van der Waals surface area (Å²) in [4.78, 5) is 29.4. The number of aryl methyl sites for hydroxylation is 1. The summed E-state index contributed by atoms with van der Waals surface area (Å²) in [5, 5.41) is 6.42. The van der Waals surface area contributed by atoms with Gasteiger partial charge >= 0.3 is 0 Å². The van der Waals surface area contributed by atoms with Crippen molar-refractivity contribution in [1.82, 2.24) is 4.98 Å². The topological polar surface area (TPSA) is 98.8 Å². The van der Waals surface area contributed by atoms with Crippen molar-refractivity contribution in [1.29, 1.82) is 0 Å². The molecule has 0 radical (unpaired) electrons. The summed E-state index contributed by atoms with van der Waals surface area (Å²) in [6.45, 7) is 1.67. The first kappa shape index (κ1) is 21.0. The molecule has 31 heavy (non-hydrogen) atoms. The Hall–Kier alpha value is -3.30. The number of amides is 2. The summed E-state index contributed by atoms with van der Waals surface area (Å²) in [6.07, 6.45) is 0. The summed E-state index contributed by atoms with van der Waals surface area (Å²) in [7, 11) is 3.13. The van der Waals surface area contributed by atoms with Gasteiger partial charge in [0.1, 0.15) is 15.6 Å². The maximum absolute atomic E-state index is 12.9. The lowest BCUT2D eigenvalue weighted by molar-refractivity contribution is -0.118. The normalized spacial score (nSPS) is 12.5. The third kappa shape index (κ3) is 4.14. The number of nitrogens with one attached hydrogen (secondary N) is 2. The summed E-state index contributed by atoms with van der Waals surface area (Å²) in [6, 6.07) is 8.58.